The van der Waals surface area contributed by atoms with Gasteiger partial charge in [-0.3, -0.25) is 0 Å². The minimum atomic E-state index is -0.608. The molecule has 2 rings (SSSR count). The summed E-state index contributed by atoms with van der Waals surface area (Å²) in [5, 5.41) is 8.94. The first-order valence-electron chi connectivity index (χ1n) is 5.45. The maximum atomic E-state index is 13.5. The lowest BCUT2D eigenvalue weighted by atomic mass is 10.2. The molecule has 96 valence electrons. The minimum absolute atomic E-state index is 0.121. The maximum Gasteiger partial charge on any atom is 0.148 e. The summed E-state index contributed by atoms with van der Waals surface area (Å²) in [5.74, 6) is 0.0458. The monoisotopic (exact) mass is 320 g/mol. The van der Waals surface area contributed by atoms with Crippen molar-refractivity contribution >= 4 is 21.6 Å². The molecule has 0 saturated carbocycles. The molecule has 0 saturated heterocycles. The summed E-state index contributed by atoms with van der Waals surface area (Å²) >= 11 is 3.32. The van der Waals surface area contributed by atoms with E-state index in [1.807, 2.05) is 6.92 Å². The number of rotatable bonds is 2. The van der Waals surface area contributed by atoms with Gasteiger partial charge < -0.3 is 10.5 Å². The number of hydrogen-bond acceptors (Lipinski definition) is 3. The molecular weight excluding hydrogens is 311 g/mol. The van der Waals surface area contributed by atoms with Gasteiger partial charge in [-0.2, -0.15) is 5.26 Å². The highest BCUT2D eigenvalue weighted by atomic mass is 79.9. The smallest absolute Gasteiger partial charge is 0.148 e. The number of halogens is 2. The van der Waals surface area contributed by atoms with Crippen molar-refractivity contribution in [2.45, 2.75) is 6.92 Å². The van der Waals surface area contributed by atoms with E-state index in [1.54, 1.807) is 24.3 Å². The predicted octanol–water partition coefficient (Wildman–Crippen LogP) is 4.14. The van der Waals surface area contributed by atoms with Crippen LogP contribution in [0.25, 0.3) is 0 Å². The third kappa shape index (κ3) is 2.69. The Morgan fingerprint density at radius 3 is 2.74 bits per heavy atom. The van der Waals surface area contributed by atoms with E-state index in [9.17, 15) is 4.39 Å². The number of nitriles is 1. The number of ether oxygens (including phenoxy) is 1. The molecule has 2 aromatic carbocycles. The Morgan fingerprint density at radius 1 is 1.32 bits per heavy atom. The first kappa shape index (κ1) is 13.4. The molecule has 0 amide bonds. The first-order chi connectivity index (χ1) is 9.02. The van der Waals surface area contributed by atoms with Crippen molar-refractivity contribution in [3.05, 3.63) is 51.7 Å². The molecule has 0 aliphatic rings. The van der Waals surface area contributed by atoms with Crippen LogP contribution < -0.4 is 10.5 Å². The molecule has 0 unspecified atom stereocenters. The van der Waals surface area contributed by atoms with E-state index in [0.29, 0.717) is 15.9 Å². The summed E-state index contributed by atoms with van der Waals surface area (Å²) in [6.07, 6.45) is 0. The SMILES string of the molecule is Cc1cc(Oc2cccc(F)c2C#N)c(Br)cc1N. The Kier molecular flexibility index (Phi) is 3.72. The number of anilines is 1. The summed E-state index contributed by atoms with van der Waals surface area (Å²) in [7, 11) is 0. The summed E-state index contributed by atoms with van der Waals surface area (Å²) in [6.45, 7) is 1.84. The predicted molar refractivity (Wildman–Crippen MR) is 74.5 cm³/mol. The van der Waals surface area contributed by atoms with Crippen LogP contribution in [0.4, 0.5) is 10.1 Å². The van der Waals surface area contributed by atoms with Crippen molar-refractivity contribution in [1.29, 1.82) is 5.26 Å². The maximum absolute atomic E-state index is 13.5. The average Bonchev–Trinajstić information content (AvgIpc) is 2.36. The summed E-state index contributed by atoms with van der Waals surface area (Å²) in [6, 6.07) is 9.47. The molecular formula is C14H10BrFN2O. The molecule has 0 fully saturated rings. The molecule has 0 spiro atoms. The second-order valence-electron chi connectivity index (χ2n) is 3.97. The highest BCUT2D eigenvalue weighted by molar-refractivity contribution is 9.10. The molecule has 5 heteroatoms. The number of nitrogens with two attached hydrogens (primary N) is 1. The van der Waals surface area contributed by atoms with Crippen molar-refractivity contribution in [1.82, 2.24) is 0 Å². The van der Waals surface area contributed by atoms with Crippen molar-refractivity contribution in [2.24, 2.45) is 0 Å². The quantitative estimate of drug-likeness (QED) is 0.846. The van der Waals surface area contributed by atoms with E-state index >= 15 is 0 Å². The fourth-order valence-electron chi connectivity index (χ4n) is 1.56. The number of benzene rings is 2. The van der Waals surface area contributed by atoms with Crippen molar-refractivity contribution in [3.8, 4) is 17.6 Å². The van der Waals surface area contributed by atoms with Gasteiger partial charge in [0.1, 0.15) is 28.9 Å². The van der Waals surface area contributed by atoms with E-state index in [4.69, 9.17) is 15.7 Å². The Balaban J connectivity index is 2.45. The lowest BCUT2D eigenvalue weighted by molar-refractivity contribution is 0.471. The Hall–Kier alpha value is -2.06. The van der Waals surface area contributed by atoms with Crippen LogP contribution in [-0.2, 0) is 0 Å². The van der Waals surface area contributed by atoms with Crippen LogP contribution >= 0.6 is 15.9 Å². The Bertz CT molecular complexity index is 680. The number of nitrogens with zero attached hydrogens (tertiary/aromatic N) is 1. The number of hydrogen-bond donors (Lipinski definition) is 1. The molecule has 0 aliphatic heterocycles. The van der Waals surface area contributed by atoms with Crippen molar-refractivity contribution < 1.29 is 9.13 Å². The normalized spacial score (nSPS) is 10.0. The van der Waals surface area contributed by atoms with Crippen LogP contribution in [0.1, 0.15) is 11.1 Å². The fraction of sp³-hybridized carbons (Fsp3) is 0.0714. The van der Waals surface area contributed by atoms with Crippen LogP contribution in [0.15, 0.2) is 34.8 Å². The van der Waals surface area contributed by atoms with Gasteiger partial charge in [0.15, 0.2) is 0 Å². The summed E-state index contributed by atoms with van der Waals surface area (Å²) < 4.78 is 19.7. The zero-order valence-electron chi connectivity index (χ0n) is 10.1. The highest BCUT2D eigenvalue weighted by Gasteiger charge is 2.12. The van der Waals surface area contributed by atoms with Gasteiger partial charge in [-0.05, 0) is 52.7 Å². The molecule has 0 radical (unpaired) electrons. The second-order valence-corrected chi connectivity index (χ2v) is 4.82. The largest absolute Gasteiger partial charge is 0.455 e. The molecule has 0 bridgehead atoms. The van der Waals surface area contributed by atoms with Gasteiger partial charge in [0.05, 0.1) is 4.47 Å². The molecule has 0 aromatic heterocycles. The van der Waals surface area contributed by atoms with Gasteiger partial charge in [-0.1, -0.05) is 6.07 Å². The van der Waals surface area contributed by atoms with E-state index in [1.165, 1.54) is 12.1 Å². The van der Waals surface area contributed by atoms with Gasteiger partial charge >= 0.3 is 0 Å². The van der Waals surface area contributed by atoms with Crippen LogP contribution in [0.3, 0.4) is 0 Å². The lowest BCUT2D eigenvalue weighted by Crippen LogP contribution is -1.95. The van der Waals surface area contributed by atoms with Crippen molar-refractivity contribution in [3.63, 3.8) is 0 Å². The van der Waals surface area contributed by atoms with E-state index in [0.717, 1.165) is 5.56 Å². The molecule has 2 aromatic rings. The number of nitrogen functional groups attached to an aromatic ring is 1. The molecule has 2 N–H and O–H groups in total. The van der Waals surface area contributed by atoms with Crippen LogP contribution in [0, 0.1) is 24.1 Å². The van der Waals surface area contributed by atoms with Gasteiger partial charge in [0, 0.05) is 5.69 Å². The summed E-state index contributed by atoms with van der Waals surface area (Å²) in [5.41, 5.74) is 7.11. The first-order valence-corrected chi connectivity index (χ1v) is 6.24. The Morgan fingerprint density at radius 2 is 2.05 bits per heavy atom. The van der Waals surface area contributed by atoms with E-state index in [-0.39, 0.29) is 11.3 Å². The molecule has 19 heavy (non-hydrogen) atoms. The third-order valence-corrected chi connectivity index (χ3v) is 3.25. The molecule has 0 aliphatic carbocycles. The fourth-order valence-corrected chi connectivity index (χ4v) is 2.01. The lowest BCUT2D eigenvalue weighted by Gasteiger charge is -2.11. The van der Waals surface area contributed by atoms with Crippen molar-refractivity contribution in [2.75, 3.05) is 5.73 Å². The number of aryl methyl sites for hydroxylation is 1. The van der Waals surface area contributed by atoms with Gasteiger partial charge in [0.25, 0.3) is 0 Å². The zero-order chi connectivity index (χ0) is 14.0. The topological polar surface area (TPSA) is 59.0 Å². The highest BCUT2D eigenvalue weighted by Crippen LogP contribution is 2.34. The zero-order valence-corrected chi connectivity index (χ0v) is 11.7. The van der Waals surface area contributed by atoms with Gasteiger partial charge in [0.2, 0.25) is 0 Å². The molecule has 0 heterocycles. The second kappa shape index (κ2) is 5.29. The summed E-state index contributed by atoms with van der Waals surface area (Å²) in [4.78, 5) is 0. The van der Waals surface area contributed by atoms with Gasteiger partial charge in [-0.25, -0.2) is 4.39 Å². The third-order valence-electron chi connectivity index (χ3n) is 2.63. The van der Waals surface area contributed by atoms with E-state index < -0.39 is 5.82 Å². The van der Waals surface area contributed by atoms with Crippen LogP contribution in [0.5, 0.6) is 11.5 Å². The molecule has 3 nitrogen and oxygen atoms in total. The standard InChI is InChI=1S/C14H10BrFN2O/c1-8-5-14(10(15)6-12(8)18)19-13-4-2-3-11(16)9(13)7-17/h2-6H,18H2,1H3. The van der Waals surface area contributed by atoms with Crippen LogP contribution in [0.2, 0.25) is 0 Å². The van der Waals surface area contributed by atoms with Crippen LogP contribution in [-0.4, -0.2) is 0 Å². The van der Waals surface area contributed by atoms with Gasteiger partial charge in [-0.15, -0.1) is 0 Å². The molecule has 0 atom stereocenters. The van der Waals surface area contributed by atoms with E-state index in [2.05, 4.69) is 15.9 Å². The minimum Gasteiger partial charge on any atom is -0.455 e. The average molecular weight is 321 g/mol. The Labute approximate surface area is 118 Å².